The molecule has 0 aliphatic rings. The summed E-state index contributed by atoms with van der Waals surface area (Å²) in [4.78, 5) is 42.2. The van der Waals surface area contributed by atoms with Gasteiger partial charge in [-0.1, -0.05) is 74.5 Å². The monoisotopic (exact) mass is 420 g/mol. The Bertz CT molecular complexity index is 1130. The van der Waals surface area contributed by atoms with E-state index in [0.29, 0.717) is 12.3 Å². The van der Waals surface area contributed by atoms with Crippen LogP contribution >= 0.6 is 0 Å². The lowest BCUT2D eigenvalue weighted by Gasteiger charge is -2.25. The summed E-state index contributed by atoms with van der Waals surface area (Å²) < 4.78 is 1.29. The van der Waals surface area contributed by atoms with Crippen LogP contribution in [-0.4, -0.2) is 15.5 Å². The number of amides is 1. The molecule has 3 N–H and O–H groups in total. The van der Waals surface area contributed by atoms with Gasteiger partial charge in [0.05, 0.1) is 13.1 Å². The average molecular weight is 421 g/mol. The van der Waals surface area contributed by atoms with Gasteiger partial charge < -0.3 is 10.6 Å². The van der Waals surface area contributed by atoms with Crippen LogP contribution in [0.5, 0.6) is 0 Å². The van der Waals surface area contributed by atoms with Gasteiger partial charge in [0.15, 0.2) is 5.69 Å². The largest absolute Gasteiger partial charge is 0.383 e. The van der Waals surface area contributed by atoms with Crippen LogP contribution in [0.2, 0.25) is 0 Å². The number of rotatable bonds is 8. The minimum absolute atomic E-state index is 0.00754. The molecule has 3 rings (SSSR count). The van der Waals surface area contributed by atoms with Gasteiger partial charge in [-0.05, 0) is 23.5 Å². The Morgan fingerprint density at radius 2 is 1.58 bits per heavy atom. The molecule has 162 valence electrons. The Labute approximate surface area is 181 Å². The second-order valence-corrected chi connectivity index (χ2v) is 7.96. The van der Waals surface area contributed by atoms with Crippen molar-refractivity contribution in [2.75, 3.05) is 10.6 Å². The van der Waals surface area contributed by atoms with Gasteiger partial charge in [0.2, 0.25) is 5.91 Å². The highest BCUT2D eigenvalue weighted by Crippen LogP contribution is 2.22. The highest BCUT2D eigenvalue weighted by Gasteiger charge is 2.24. The van der Waals surface area contributed by atoms with Crippen molar-refractivity contribution in [3.63, 3.8) is 0 Å². The number of nitrogens with zero attached hydrogens (tertiary/aromatic N) is 2. The molecule has 0 aliphatic heterocycles. The third kappa shape index (κ3) is 5.51. The van der Waals surface area contributed by atoms with Crippen molar-refractivity contribution in [1.29, 1.82) is 0 Å². The van der Waals surface area contributed by atoms with E-state index in [1.54, 1.807) is 0 Å². The number of H-pyrrole nitrogens is 1. The van der Waals surface area contributed by atoms with Gasteiger partial charge in [-0.25, -0.2) is 4.79 Å². The smallest absolute Gasteiger partial charge is 0.330 e. The van der Waals surface area contributed by atoms with E-state index < -0.39 is 11.2 Å². The van der Waals surface area contributed by atoms with Crippen LogP contribution in [0.3, 0.4) is 0 Å². The molecule has 0 bridgehead atoms. The maximum Gasteiger partial charge on any atom is 0.330 e. The molecule has 2 aromatic carbocycles. The number of nitrogens with one attached hydrogen (secondary N) is 1. The fourth-order valence-electron chi connectivity index (χ4n) is 3.37. The van der Waals surface area contributed by atoms with Gasteiger partial charge in [0, 0.05) is 6.42 Å². The number of aromatic nitrogens is 2. The van der Waals surface area contributed by atoms with E-state index in [2.05, 4.69) is 4.98 Å². The Morgan fingerprint density at radius 1 is 1.00 bits per heavy atom. The molecule has 0 unspecified atom stereocenters. The highest BCUT2D eigenvalue weighted by atomic mass is 16.2. The first-order valence-corrected chi connectivity index (χ1v) is 10.4. The summed E-state index contributed by atoms with van der Waals surface area (Å²) >= 11 is 0. The summed E-state index contributed by atoms with van der Waals surface area (Å²) in [5.41, 5.74) is 6.78. The second-order valence-electron chi connectivity index (χ2n) is 7.96. The Morgan fingerprint density at radius 3 is 2.16 bits per heavy atom. The fourth-order valence-corrected chi connectivity index (χ4v) is 3.37. The van der Waals surface area contributed by atoms with Gasteiger partial charge >= 0.3 is 5.69 Å². The minimum Gasteiger partial charge on any atom is -0.383 e. The number of carbonyl (C=O) groups is 1. The number of aromatic amines is 1. The van der Waals surface area contributed by atoms with E-state index >= 15 is 0 Å². The summed E-state index contributed by atoms with van der Waals surface area (Å²) in [6.45, 7) is 4.45. The third-order valence-electron chi connectivity index (χ3n) is 5.09. The zero-order chi connectivity index (χ0) is 22.4. The lowest BCUT2D eigenvalue weighted by molar-refractivity contribution is -0.119. The van der Waals surface area contributed by atoms with Crippen molar-refractivity contribution >= 4 is 17.4 Å². The van der Waals surface area contributed by atoms with Gasteiger partial charge in [0.25, 0.3) is 5.56 Å². The molecular formula is C24H28N4O3. The van der Waals surface area contributed by atoms with Gasteiger partial charge in [0.1, 0.15) is 5.82 Å². The van der Waals surface area contributed by atoms with E-state index in [0.717, 1.165) is 11.1 Å². The number of hydrogen-bond donors (Lipinski definition) is 2. The quantitative estimate of drug-likeness (QED) is 0.584. The molecule has 0 fully saturated rings. The molecule has 7 heteroatoms. The topological polar surface area (TPSA) is 101 Å². The van der Waals surface area contributed by atoms with E-state index in [9.17, 15) is 14.4 Å². The van der Waals surface area contributed by atoms with Crippen molar-refractivity contribution < 1.29 is 4.79 Å². The van der Waals surface area contributed by atoms with Crippen molar-refractivity contribution in [2.24, 2.45) is 5.92 Å². The fraction of sp³-hybridized carbons (Fsp3) is 0.292. The molecule has 1 aromatic heterocycles. The van der Waals surface area contributed by atoms with Crippen LogP contribution in [0.25, 0.3) is 0 Å². The lowest BCUT2D eigenvalue weighted by Crippen LogP contribution is -2.41. The van der Waals surface area contributed by atoms with E-state index in [1.807, 2.05) is 74.5 Å². The second kappa shape index (κ2) is 9.93. The number of nitrogens with two attached hydrogens (primary N) is 1. The summed E-state index contributed by atoms with van der Waals surface area (Å²) in [6.07, 6.45) is 0.965. The predicted molar refractivity (Wildman–Crippen MR) is 123 cm³/mol. The van der Waals surface area contributed by atoms with Gasteiger partial charge in [-0.3, -0.25) is 19.1 Å². The molecule has 1 heterocycles. The van der Waals surface area contributed by atoms with Crippen molar-refractivity contribution in [2.45, 2.75) is 39.8 Å². The highest BCUT2D eigenvalue weighted by molar-refractivity contribution is 5.95. The van der Waals surface area contributed by atoms with Crippen molar-refractivity contribution in [3.8, 4) is 0 Å². The molecule has 31 heavy (non-hydrogen) atoms. The number of nitrogen functional groups attached to an aromatic ring is 1. The van der Waals surface area contributed by atoms with Gasteiger partial charge in [-0.2, -0.15) is 0 Å². The molecule has 0 saturated carbocycles. The van der Waals surface area contributed by atoms with Crippen LogP contribution in [0.1, 0.15) is 37.8 Å². The van der Waals surface area contributed by atoms with Crippen LogP contribution in [0.15, 0.2) is 70.3 Å². The lowest BCUT2D eigenvalue weighted by atomic mass is 10.1. The molecule has 7 nitrogen and oxygen atoms in total. The summed E-state index contributed by atoms with van der Waals surface area (Å²) in [5, 5.41) is 0. The number of benzene rings is 2. The Hall–Kier alpha value is -3.61. The maximum atomic E-state index is 13.1. The van der Waals surface area contributed by atoms with E-state index in [4.69, 9.17) is 5.73 Å². The first kappa shape index (κ1) is 22.1. The minimum atomic E-state index is -0.666. The number of carbonyl (C=O) groups excluding carboxylic acids is 1. The third-order valence-corrected chi connectivity index (χ3v) is 5.09. The molecule has 0 aliphatic carbocycles. The first-order valence-electron chi connectivity index (χ1n) is 10.4. The standard InChI is InChI=1S/C24H28N4O3/c1-17(2)13-14-20(29)27(15-18-9-5-3-6-10-18)21-22(25)28(24(31)26-23(21)30)16-19-11-7-4-8-12-19/h3-12,17H,13-16,25H2,1-2H3,(H,26,30,31). The summed E-state index contributed by atoms with van der Waals surface area (Å²) in [7, 11) is 0. The van der Waals surface area contributed by atoms with Crippen molar-refractivity contribution in [1.82, 2.24) is 9.55 Å². The van der Waals surface area contributed by atoms with Crippen LogP contribution in [0, 0.1) is 5.92 Å². The molecule has 0 radical (unpaired) electrons. The Balaban J connectivity index is 2.06. The first-order chi connectivity index (χ1) is 14.9. The normalized spacial score (nSPS) is 10.9. The number of anilines is 2. The van der Waals surface area contributed by atoms with Crippen LogP contribution in [0.4, 0.5) is 11.5 Å². The zero-order valence-electron chi connectivity index (χ0n) is 17.9. The van der Waals surface area contributed by atoms with Crippen LogP contribution in [-0.2, 0) is 17.9 Å². The van der Waals surface area contributed by atoms with E-state index in [-0.39, 0.29) is 36.9 Å². The van der Waals surface area contributed by atoms with Gasteiger partial charge in [-0.15, -0.1) is 0 Å². The Kier molecular flexibility index (Phi) is 7.07. The predicted octanol–water partition coefficient (Wildman–Crippen LogP) is 3.14. The molecule has 0 atom stereocenters. The van der Waals surface area contributed by atoms with E-state index in [1.165, 1.54) is 9.47 Å². The molecular weight excluding hydrogens is 392 g/mol. The average Bonchev–Trinajstić information content (AvgIpc) is 2.75. The zero-order valence-corrected chi connectivity index (χ0v) is 17.9. The molecule has 0 spiro atoms. The molecule has 3 aromatic rings. The summed E-state index contributed by atoms with van der Waals surface area (Å²) in [6, 6.07) is 18.7. The number of hydrogen-bond acceptors (Lipinski definition) is 4. The van der Waals surface area contributed by atoms with Crippen LogP contribution < -0.4 is 21.9 Å². The molecule has 0 saturated heterocycles. The summed E-state index contributed by atoms with van der Waals surface area (Å²) in [5.74, 6) is 0.108. The molecule has 1 amide bonds. The maximum absolute atomic E-state index is 13.1. The SMILES string of the molecule is CC(C)CCC(=O)N(Cc1ccccc1)c1c(N)n(Cc2ccccc2)c(=O)[nH]c1=O. The van der Waals surface area contributed by atoms with Crippen molar-refractivity contribution in [3.05, 3.63) is 92.6 Å².